The monoisotopic (exact) mass is 259 g/mol. The molecule has 0 spiro atoms. The van der Waals surface area contributed by atoms with Crippen molar-refractivity contribution in [3.05, 3.63) is 30.9 Å². The maximum atomic E-state index is 6.20. The summed E-state index contributed by atoms with van der Waals surface area (Å²) in [5, 5.41) is 4.34. The largest absolute Gasteiger partial charge is 0.383 e. The van der Waals surface area contributed by atoms with Gasteiger partial charge in [-0.1, -0.05) is 13.0 Å². The van der Waals surface area contributed by atoms with Gasteiger partial charge in [-0.15, -0.1) is 6.58 Å². The van der Waals surface area contributed by atoms with Gasteiger partial charge >= 0.3 is 0 Å². The molecular formula is C14H21N5. The molecule has 5 heteroatoms. The van der Waals surface area contributed by atoms with E-state index in [0.29, 0.717) is 18.4 Å². The number of allylic oxidation sites excluding steroid dienone is 1. The highest BCUT2D eigenvalue weighted by atomic mass is 15.3. The van der Waals surface area contributed by atoms with Gasteiger partial charge in [0.25, 0.3) is 0 Å². The number of hydrogen-bond acceptors (Lipinski definition) is 3. The van der Waals surface area contributed by atoms with Crippen LogP contribution in [-0.2, 0) is 13.0 Å². The lowest BCUT2D eigenvalue weighted by Gasteiger charge is -2.04. The Balaban J connectivity index is 2.46. The minimum Gasteiger partial charge on any atom is -0.383 e. The lowest BCUT2D eigenvalue weighted by atomic mass is 10.2. The van der Waals surface area contributed by atoms with E-state index in [9.17, 15) is 0 Å². The van der Waals surface area contributed by atoms with Crippen molar-refractivity contribution in [1.29, 1.82) is 0 Å². The molecule has 0 aliphatic rings. The van der Waals surface area contributed by atoms with E-state index in [2.05, 4.69) is 37.4 Å². The van der Waals surface area contributed by atoms with Crippen LogP contribution in [-0.4, -0.2) is 19.3 Å². The van der Waals surface area contributed by atoms with Crippen LogP contribution in [0.15, 0.2) is 25.0 Å². The van der Waals surface area contributed by atoms with Gasteiger partial charge in [-0.25, -0.2) is 4.98 Å². The predicted octanol–water partition coefficient (Wildman–Crippen LogP) is 2.66. The molecule has 0 aromatic carbocycles. The maximum Gasteiger partial charge on any atom is 0.132 e. The van der Waals surface area contributed by atoms with E-state index >= 15 is 0 Å². The topological polar surface area (TPSA) is 61.7 Å². The molecular weight excluding hydrogens is 238 g/mol. The molecule has 0 aliphatic carbocycles. The number of nitrogens with zero attached hydrogens (tertiary/aromatic N) is 4. The van der Waals surface area contributed by atoms with Gasteiger partial charge in [0.15, 0.2) is 0 Å². The number of hydrogen-bond donors (Lipinski definition) is 1. The van der Waals surface area contributed by atoms with E-state index in [1.807, 2.05) is 27.7 Å². The molecule has 2 aromatic heterocycles. The SMILES string of the molecule is C=CCn1c(CC)nc(-c2cnn(C(C)C)c2)c1N. The van der Waals surface area contributed by atoms with Gasteiger partial charge in [0.05, 0.1) is 6.20 Å². The minimum absolute atomic E-state index is 0.330. The average Bonchev–Trinajstić information content (AvgIpc) is 2.96. The number of rotatable bonds is 5. The van der Waals surface area contributed by atoms with Crippen LogP contribution < -0.4 is 5.73 Å². The van der Waals surface area contributed by atoms with E-state index < -0.39 is 0 Å². The Morgan fingerprint density at radius 1 is 1.47 bits per heavy atom. The highest BCUT2D eigenvalue weighted by Gasteiger charge is 2.16. The van der Waals surface area contributed by atoms with Gasteiger partial charge in [-0.2, -0.15) is 5.10 Å². The number of imidazole rings is 1. The van der Waals surface area contributed by atoms with Crippen LogP contribution >= 0.6 is 0 Å². The van der Waals surface area contributed by atoms with Crippen molar-refractivity contribution >= 4 is 5.82 Å². The smallest absolute Gasteiger partial charge is 0.132 e. The first-order valence-electron chi connectivity index (χ1n) is 6.58. The number of aromatic nitrogens is 4. The van der Waals surface area contributed by atoms with Crippen LogP contribution in [0.1, 0.15) is 32.6 Å². The number of aryl methyl sites for hydroxylation is 1. The van der Waals surface area contributed by atoms with Crippen LogP contribution in [0, 0.1) is 0 Å². The summed E-state index contributed by atoms with van der Waals surface area (Å²) in [7, 11) is 0. The van der Waals surface area contributed by atoms with E-state index in [4.69, 9.17) is 5.73 Å². The van der Waals surface area contributed by atoms with Crippen LogP contribution in [0.3, 0.4) is 0 Å². The fourth-order valence-electron chi connectivity index (χ4n) is 2.07. The Hall–Kier alpha value is -2.04. The van der Waals surface area contributed by atoms with Gasteiger partial charge in [0.2, 0.25) is 0 Å². The number of nitrogens with two attached hydrogens (primary N) is 1. The molecule has 0 saturated heterocycles. The molecule has 102 valence electrons. The van der Waals surface area contributed by atoms with Crippen LogP contribution in [0.5, 0.6) is 0 Å². The molecule has 0 saturated carbocycles. The second-order valence-corrected chi connectivity index (χ2v) is 4.82. The normalized spacial score (nSPS) is 11.2. The van der Waals surface area contributed by atoms with Crippen molar-refractivity contribution in [2.75, 3.05) is 5.73 Å². The van der Waals surface area contributed by atoms with Crippen molar-refractivity contribution in [2.45, 2.75) is 39.8 Å². The Labute approximate surface area is 113 Å². The van der Waals surface area contributed by atoms with Crippen molar-refractivity contribution in [3.63, 3.8) is 0 Å². The third kappa shape index (κ3) is 2.41. The summed E-state index contributed by atoms with van der Waals surface area (Å²) in [4.78, 5) is 4.63. The first-order valence-corrected chi connectivity index (χ1v) is 6.58. The lowest BCUT2D eigenvalue weighted by Crippen LogP contribution is -2.05. The summed E-state index contributed by atoms with van der Waals surface area (Å²) >= 11 is 0. The number of anilines is 1. The second-order valence-electron chi connectivity index (χ2n) is 4.82. The molecule has 0 atom stereocenters. The molecule has 19 heavy (non-hydrogen) atoms. The third-order valence-electron chi connectivity index (χ3n) is 3.12. The highest BCUT2D eigenvalue weighted by Crippen LogP contribution is 2.27. The summed E-state index contributed by atoms with van der Waals surface area (Å²) in [5.74, 6) is 1.66. The Morgan fingerprint density at radius 3 is 2.74 bits per heavy atom. The lowest BCUT2D eigenvalue weighted by molar-refractivity contribution is 0.532. The minimum atomic E-state index is 0.330. The molecule has 0 bridgehead atoms. The van der Waals surface area contributed by atoms with Gasteiger partial charge in [0, 0.05) is 30.8 Å². The summed E-state index contributed by atoms with van der Waals surface area (Å²) in [5.41, 5.74) is 7.97. The van der Waals surface area contributed by atoms with Gasteiger partial charge in [-0.3, -0.25) is 4.68 Å². The second kappa shape index (κ2) is 5.30. The maximum absolute atomic E-state index is 6.20. The molecule has 2 N–H and O–H groups in total. The zero-order chi connectivity index (χ0) is 14.0. The first kappa shape index (κ1) is 13.4. The Morgan fingerprint density at radius 2 is 2.21 bits per heavy atom. The van der Waals surface area contributed by atoms with E-state index in [0.717, 1.165) is 23.5 Å². The summed E-state index contributed by atoms with van der Waals surface area (Å²) < 4.78 is 3.90. The Kier molecular flexibility index (Phi) is 3.74. The Bertz CT molecular complexity index is 577. The average molecular weight is 259 g/mol. The molecule has 0 radical (unpaired) electrons. The van der Waals surface area contributed by atoms with Crippen molar-refractivity contribution in [1.82, 2.24) is 19.3 Å². The van der Waals surface area contributed by atoms with E-state index in [1.165, 1.54) is 0 Å². The highest BCUT2D eigenvalue weighted by molar-refractivity contribution is 5.70. The molecule has 2 aromatic rings. The first-order chi connectivity index (χ1) is 9.08. The van der Waals surface area contributed by atoms with Crippen molar-refractivity contribution < 1.29 is 0 Å². The van der Waals surface area contributed by atoms with Gasteiger partial charge in [-0.05, 0) is 13.8 Å². The van der Waals surface area contributed by atoms with Crippen LogP contribution in [0.25, 0.3) is 11.3 Å². The summed E-state index contributed by atoms with van der Waals surface area (Å²) in [6, 6.07) is 0.330. The molecule has 0 amide bonds. The third-order valence-corrected chi connectivity index (χ3v) is 3.12. The molecule has 0 unspecified atom stereocenters. The fraction of sp³-hybridized carbons (Fsp3) is 0.429. The zero-order valence-electron chi connectivity index (χ0n) is 11.8. The fourth-order valence-corrected chi connectivity index (χ4v) is 2.07. The molecule has 2 heterocycles. The van der Waals surface area contributed by atoms with E-state index in [-0.39, 0.29) is 0 Å². The molecule has 0 fully saturated rings. The van der Waals surface area contributed by atoms with E-state index in [1.54, 1.807) is 0 Å². The van der Waals surface area contributed by atoms with Crippen LogP contribution in [0.2, 0.25) is 0 Å². The molecule has 0 aliphatic heterocycles. The van der Waals surface area contributed by atoms with Gasteiger partial charge in [0.1, 0.15) is 17.3 Å². The standard InChI is InChI=1S/C14H21N5/c1-5-7-18-12(6-2)17-13(14(18)15)11-8-16-19(9-11)10(3)4/h5,8-10H,1,6-7,15H2,2-4H3. The zero-order valence-corrected chi connectivity index (χ0v) is 11.8. The van der Waals surface area contributed by atoms with Crippen molar-refractivity contribution in [3.8, 4) is 11.3 Å². The number of nitrogen functional groups attached to an aromatic ring is 1. The molecule has 5 nitrogen and oxygen atoms in total. The molecule has 2 rings (SSSR count). The summed E-state index contributed by atoms with van der Waals surface area (Å²) in [6.07, 6.45) is 6.48. The summed E-state index contributed by atoms with van der Waals surface area (Å²) in [6.45, 7) is 10.7. The van der Waals surface area contributed by atoms with Crippen LogP contribution in [0.4, 0.5) is 5.82 Å². The van der Waals surface area contributed by atoms with Crippen molar-refractivity contribution in [2.24, 2.45) is 0 Å². The van der Waals surface area contributed by atoms with Gasteiger partial charge < -0.3 is 10.3 Å². The predicted molar refractivity (Wildman–Crippen MR) is 77.8 cm³/mol. The quantitative estimate of drug-likeness (QED) is 0.840.